The third-order valence-corrected chi connectivity index (χ3v) is 4.54. The summed E-state index contributed by atoms with van der Waals surface area (Å²) in [5.74, 6) is 0.877. The van der Waals surface area contributed by atoms with Crippen LogP contribution in [0, 0.1) is 6.92 Å². The molecule has 0 aromatic carbocycles. The first kappa shape index (κ1) is 13.8. The number of carbonyl (C=O) groups is 1. The molecule has 0 unspecified atom stereocenters. The van der Waals surface area contributed by atoms with Gasteiger partial charge in [-0.1, -0.05) is 0 Å². The number of anilines is 2. The molecule has 6 nitrogen and oxygen atoms in total. The highest BCUT2D eigenvalue weighted by molar-refractivity contribution is 7.11. The molecule has 0 bridgehead atoms. The van der Waals surface area contributed by atoms with Crippen LogP contribution in [-0.4, -0.2) is 47.0 Å². The fraction of sp³-hybridized carbons (Fsp3) is 0.357. The summed E-state index contributed by atoms with van der Waals surface area (Å²) in [4.78, 5) is 25.6. The Bertz CT molecular complexity index is 648. The zero-order valence-electron chi connectivity index (χ0n) is 11.8. The lowest BCUT2D eigenvalue weighted by Gasteiger charge is -2.35. The molecule has 7 heteroatoms. The number of hydrogen-bond acceptors (Lipinski definition) is 6. The first-order valence-corrected chi connectivity index (χ1v) is 7.69. The zero-order valence-corrected chi connectivity index (χ0v) is 12.6. The van der Waals surface area contributed by atoms with Crippen molar-refractivity contribution >= 4 is 28.7 Å². The van der Waals surface area contributed by atoms with Crippen molar-refractivity contribution in [2.45, 2.75) is 6.92 Å². The molecule has 110 valence electrons. The molecule has 1 saturated heterocycles. The lowest BCUT2D eigenvalue weighted by Crippen LogP contribution is -2.49. The normalized spacial score (nSPS) is 15.3. The highest BCUT2D eigenvalue weighted by Gasteiger charge is 2.25. The molecule has 2 aromatic heterocycles. The number of nitrogen functional groups attached to an aromatic ring is 1. The predicted molar refractivity (Wildman–Crippen MR) is 83.6 cm³/mol. The van der Waals surface area contributed by atoms with E-state index in [-0.39, 0.29) is 5.91 Å². The van der Waals surface area contributed by atoms with Crippen LogP contribution in [-0.2, 0) is 0 Å². The fourth-order valence-corrected chi connectivity index (χ4v) is 3.22. The van der Waals surface area contributed by atoms with Crippen LogP contribution in [0.3, 0.4) is 0 Å². The van der Waals surface area contributed by atoms with Gasteiger partial charge in [0.25, 0.3) is 5.91 Å². The molecule has 3 rings (SSSR count). The number of amides is 1. The minimum absolute atomic E-state index is 0.0728. The summed E-state index contributed by atoms with van der Waals surface area (Å²) < 4.78 is 0. The van der Waals surface area contributed by atoms with E-state index < -0.39 is 0 Å². The van der Waals surface area contributed by atoms with Crippen molar-refractivity contribution in [3.8, 4) is 0 Å². The maximum absolute atomic E-state index is 12.4. The van der Waals surface area contributed by atoms with Crippen molar-refractivity contribution in [3.05, 3.63) is 34.4 Å². The second-order valence-corrected chi connectivity index (χ2v) is 5.82. The molecule has 1 amide bonds. The summed E-state index contributed by atoms with van der Waals surface area (Å²) in [6.45, 7) is 4.70. The van der Waals surface area contributed by atoms with E-state index in [0.717, 1.165) is 29.5 Å². The number of aromatic nitrogens is 2. The van der Waals surface area contributed by atoms with Crippen molar-refractivity contribution in [3.63, 3.8) is 0 Å². The monoisotopic (exact) mass is 303 g/mol. The van der Waals surface area contributed by atoms with Crippen LogP contribution in [0.2, 0.25) is 0 Å². The lowest BCUT2D eigenvalue weighted by atomic mass is 10.2. The molecule has 2 N–H and O–H groups in total. The molecule has 21 heavy (non-hydrogen) atoms. The van der Waals surface area contributed by atoms with Gasteiger partial charge in [0.2, 0.25) is 0 Å². The quantitative estimate of drug-likeness (QED) is 0.907. The van der Waals surface area contributed by atoms with Gasteiger partial charge in [0.1, 0.15) is 4.88 Å². The second-order valence-electron chi connectivity index (χ2n) is 4.96. The molecule has 1 aliphatic rings. The number of thiazole rings is 1. The maximum atomic E-state index is 12.4. The number of nitrogens with two attached hydrogens (primary N) is 1. The van der Waals surface area contributed by atoms with Crippen LogP contribution < -0.4 is 10.6 Å². The van der Waals surface area contributed by atoms with Crippen LogP contribution >= 0.6 is 11.3 Å². The minimum atomic E-state index is 0.0728. The summed E-state index contributed by atoms with van der Waals surface area (Å²) >= 11 is 1.40. The van der Waals surface area contributed by atoms with Gasteiger partial charge >= 0.3 is 0 Å². The molecule has 0 saturated carbocycles. The van der Waals surface area contributed by atoms with Crippen LogP contribution in [0.1, 0.15) is 15.4 Å². The Hall–Kier alpha value is -2.15. The molecular weight excluding hydrogens is 286 g/mol. The van der Waals surface area contributed by atoms with E-state index in [0.29, 0.717) is 18.8 Å². The summed E-state index contributed by atoms with van der Waals surface area (Å²) in [6.07, 6.45) is 1.74. The number of nitrogens with zero attached hydrogens (tertiary/aromatic N) is 4. The number of rotatable bonds is 2. The molecule has 2 aromatic rings. The highest BCUT2D eigenvalue weighted by atomic mass is 32.1. The molecule has 3 heterocycles. The number of hydrogen-bond donors (Lipinski definition) is 1. The van der Waals surface area contributed by atoms with Gasteiger partial charge in [0.15, 0.2) is 5.82 Å². The number of pyridine rings is 1. The molecule has 0 radical (unpaired) electrons. The third-order valence-electron chi connectivity index (χ3n) is 3.62. The van der Waals surface area contributed by atoms with Crippen LogP contribution in [0.25, 0.3) is 0 Å². The largest absolute Gasteiger partial charge is 0.396 e. The molecule has 0 spiro atoms. The summed E-state index contributed by atoms with van der Waals surface area (Å²) in [5.41, 5.74) is 9.15. The highest BCUT2D eigenvalue weighted by Crippen LogP contribution is 2.22. The Morgan fingerprint density at radius 3 is 2.67 bits per heavy atom. The Morgan fingerprint density at radius 2 is 2.05 bits per heavy atom. The van der Waals surface area contributed by atoms with Gasteiger partial charge in [-0.05, 0) is 19.1 Å². The van der Waals surface area contributed by atoms with Crippen LogP contribution in [0.15, 0.2) is 23.8 Å². The standard InChI is InChI=1S/C14H17N5OS/c1-10-12(21-9-17-10)14(20)19-7-5-18(6-8-19)13-11(15)3-2-4-16-13/h2-4,9H,5-8,15H2,1H3. The zero-order chi connectivity index (χ0) is 14.8. The Balaban J connectivity index is 1.67. The molecule has 1 fully saturated rings. The minimum Gasteiger partial charge on any atom is -0.396 e. The predicted octanol–water partition coefficient (Wildman–Crippen LogP) is 1.39. The fourth-order valence-electron chi connectivity index (χ4n) is 2.45. The van der Waals surface area contributed by atoms with E-state index in [4.69, 9.17) is 5.73 Å². The Labute approximate surface area is 127 Å². The summed E-state index contributed by atoms with van der Waals surface area (Å²) in [7, 11) is 0. The van der Waals surface area contributed by atoms with Gasteiger partial charge in [0, 0.05) is 32.4 Å². The van der Waals surface area contributed by atoms with E-state index in [9.17, 15) is 4.79 Å². The van der Waals surface area contributed by atoms with E-state index in [1.165, 1.54) is 11.3 Å². The van der Waals surface area contributed by atoms with E-state index in [2.05, 4.69) is 14.9 Å². The topological polar surface area (TPSA) is 75.4 Å². The van der Waals surface area contributed by atoms with E-state index in [1.807, 2.05) is 24.0 Å². The smallest absolute Gasteiger partial charge is 0.265 e. The number of carbonyl (C=O) groups excluding carboxylic acids is 1. The van der Waals surface area contributed by atoms with Crippen molar-refractivity contribution in [1.29, 1.82) is 0 Å². The van der Waals surface area contributed by atoms with Crippen molar-refractivity contribution < 1.29 is 4.79 Å². The van der Waals surface area contributed by atoms with Gasteiger partial charge in [-0.15, -0.1) is 11.3 Å². The van der Waals surface area contributed by atoms with Crippen molar-refractivity contribution in [2.75, 3.05) is 36.8 Å². The van der Waals surface area contributed by atoms with Crippen molar-refractivity contribution in [1.82, 2.24) is 14.9 Å². The van der Waals surface area contributed by atoms with Crippen LogP contribution in [0.5, 0.6) is 0 Å². The molecule has 1 aliphatic heterocycles. The number of aryl methyl sites for hydroxylation is 1. The molecule has 0 atom stereocenters. The second kappa shape index (κ2) is 5.69. The van der Waals surface area contributed by atoms with Crippen molar-refractivity contribution in [2.24, 2.45) is 0 Å². The molecule has 0 aliphatic carbocycles. The van der Waals surface area contributed by atoms with Gasteiger partial charge in [-0.3, -0.25) is 4.79 Å². The molecular formula is C14H17N5OS. The Kier molecular flexibility index (Phi) is 3.74. The first-order valence-electron chi connectivity index (χ1n) is 6.81. The van der Waals surface area contributed by atoms with E-state index in [1.54, 1.807) is 11.7 Å². The summed E-state index contributed by atoms with van der Waals surface area (Å²) in [6, 6.07) is 3.67. The SMILES string of the molecule is Cc1ncsc1C(=O)N1CCN(c2ncccc2N)CC1. The summed E-state index contributed by atoms with van der Waals surface area (Å²) in [5, 5.41) is 0. The van der Waals surface area contributed by atoms with Gasteiger partial charge in [0.05, 0.1) is 16.9 Å². The van der Waals surface area contributed by atoms with Crippen LogP contribution in [0.4, 0.5) is 11.5 Å². The van der Waals surface area contributed by atoms with E-state index >= 15 is 0 Å². The van der Waals surface area contributed by atoms with Gasteiger partial charge < -0.3 is 15.5 Å². The van der Waals surface area contributed by atoms with Gasteiger partial charge in [-0.25, -0.2) is 9.97 Å². The van der Waals surface area contributed by atoms with Gasteiger partial charge in [-0.2, -0.15) is 0 Å². The Morgan fingerprint density at radius 1 is 1.29 bits per heavy atom. The first-order chi connectivity index (χ1) is 10.2. The third kappa shape index (κ3) is 2.69. The lowest BCUT2D eigenvalue weighted by molar-refractivity contribution is 0.0750. The average Bonchev–Trinajstić information content (AvgIpc) is 2.93. The maximum Gasteiger partial charge on any atom is 0.265 e. The average molecular weight is 303 g/mol. The number of piperazine rings is 1.